The number of ether oxygens (including phenoxy) is 2. The molecular weight excluding hydrogens is 388 g/mol. The Labute approximate surface area is 174 Å². The number of urea groups is 1. The summed E-state index contributed by atoms with van der Waals surface area (Å²) in [6.45, 7) is 5.04. The predicted molar refractivity (Wildman–Crippen MR) is 109 cm³/mol. The van der Waals surface area contributed by atoms with Crippen molar-refractivity contribution in [1.82, 2.24) is 14.7 Å². The van der Waals surface area contributed by atoms with Crippen molar-refractivity contribution in [2.75, 3.05) is 31.6 Å². The van der Waals surface area contributed by atoms with Crippen LogP contribution in [0.3, 0.4) is 0 Å². The molecule has 1 atom stereocenters. The number of nitrogens with zero attached hydrogens (tertiary/aromatic N) is 3. The van der Waals surface area contributed by atoms with Crippen LogP contribution in [-0.2, 0) is 14.3 Å². The standard InChI is InChI=1S/C21H26N4O5/c1-3-29-19(26)15-7-6-11-24(14-15)21(28)22-16-8-5-9-17(13-16)25-12-10-18(23-25)20(27)30-4-2/h5,8-10,12-13,15H,3-4,6-7,11,14H2,1-2H3,(H,22,28). The zero-order valence-corrected chi connectivity index (χ0v) is 17.2. The molecule has 9 nitrogen and oxygen atoms in total. The van der Waals surface area contributed by atoms with E-state index < -0.39 is 5.97 Å². The first-order valence-electron chi connectivity index (χ1n) is 10.1. The minimum Gasteiger partial charge on any atom is -0.466 e. The first-order valence-corrected chi connectivity index (χ1v) is 10.1. The molecule has 9 heteroatoms. The van der Waals surface area contributed by atoms with Gasteiger partial charge in [0.2, 0.25) is 0 Å². The van der Waals surface area contributed by atoms with Crippen LogP contribution in [0.1, 0.15) is 37.2 Å². The van der Waals surface area contributed by atoms with E-state index in [4.69, 9.17) is 9.47 Å². The number of likely N-dealkylation sites (tertiary alicyclic amines) is 1. The van der Waals surface area contributed by atoms with E-state index in [0.717, 1.165) is 12.8 Å². The molecule has 2 aromatic rings. The molecule has 0 aliphatic carbocycles. The Bertz CT molecular complexity index is 910. The molecule has 1 N–H and O–H groups in total. The third kappa shape index (κ3) is 5.16. The molecule has 0 radical (unpaired) electrons. The number of piperidine rings is 1. The van der Waals surface area contributed by atoms with Crippen molar-refractivity contribution in [1.29, 1.82) is 0 Å². The summed E-state index contributed by atoms with van der Waals surface area (Å²) in [5.41, 5.74) is 1.49. The molecule has 3 rings (SSSR count). The minimum absolute atomic E-state index is 0.213. The van der Waals surface area contributed by atoms with Crippen LogP contribution in [0.2, 0.25) is 0 Å². The average molecular weight is 414 g/mol. The van der Waals surface area contributed by atoms with Crippen molar-refractivity contribution >= 4 is 23.7 Å². The monoisotopic (exact) mass is 414 g/mol. The Morgan fingerprint density at radius 2 is 1.97 bits per heavy atom. The van der Waals surface area contributed by atoms with E-state index in [1.165, 1.54) is 0 Å². The lowest BCUT2D eigenvalue weighted by atomic mass is 9.98. The summed E-state index contributed by atoms with van der Waals surface area (Å²) in [5, 5.41) is 7.09. The molecule has 1 aliphatic rings. The van der Waals surface area contributed by atoms with Crippen LogP contribution >= 0.6 is 0 Å². The van der Waals surface area contributed by atoms with E-state index in [2.05, 4.69) is 10.4 Å². The third-order valence-electron chi connectivity index (χ3n) is 4.76. The second-order valence-electron chi connectivity index (χ2n) is 6.88. The lowest BCUT2D eigenvalue weighted by Crippen LogP contribution is -2.44. The molecule has 30 heavy (non-hydrogen) atoms. The number of benzene rings is 1. The van der Waals surface area contributed by atoms with Crippen LogP contribution in [0.25, 0.3) is 5.69 Å². The lowest BCUT2D eigenvalue weighted by molar-refractivity contribution is -0.149. The quantitative estimate of drug-likeness (QED) is 0.729. The molecule has 1 aromatic heterocycles. The van der Waals surface area contributed by atoms with Gasteiger partial charge in [-0.2, -0.15) is 5.10 Å². The lowest BCUT2D eigenvalue weighted by Gasteiger charge is -2.31. The second kappa shape index (κ2) is 9.91. The summed E-state index contributed by atoms with van der Waals surface area (Å²) >= 11 is 0. The molecular formula is C21H26N4O5. The topological polar surface area (TPSA) is 103 Å². The number of nitrogens with one attached hydrogen (secondary N) is 1. The number of amides is 2. The van der Waals surface area contributed by atoms with Crippen molar-refractivity contribution in [3.8, 4) is 5.69 Å². The molecule has 2 heterocycles. The van der Waals surface area contributed by atoms with Gasteiger partial charge in [-0.05, 0) is 51.0 Å². The number of carbonyl (C=O) groups is 3. The van der Waals surface area contributed by atoms with Gasteiger partial charge in [-0.15, -0.1) is 0 Å². The fourth-order valence-electron chi connectivity index (χ4n) is 3.32. The van der Waals surface area contributed by atoms with Gasteiger partial charge in [0.25, 0.3) is 0 Å². The smallest absolute Gasteiger partial charge is 0.358 e. The first kappa shape index (κ1) is 21.4. The summed E-state index contributed by atoms with van der Waals surface area (Å²) in [7, 11) is 0. The predicted octanol–water partition coefficient (Wildman–Crippen LogP) is 2.86. The van der Waals surface area contributed by atoms with Gasteiger partial charge in [0, 0.05) is 25.0 Å². The van der Waals surface area contributed by atoms with Gasteiger partial charge in [0.1, 0.15) is 0 Å². The highest BCUT2D eigenvalue weighted by Gasteiger charge is 2.29. The van der Waals surface area contributed by atoms with Gasteiger partial charge in [0.05, 0.1) is 24.8 Å². The number of anilines is 1. The molecule has 0 saturated carbocycles. The molecule has 1 unspecified atom stereocenters. The SMILES string of the molecule is CCOC(=O)c1ccn(-c2cccc(NC(=O)N3CCCC(C(=O)OCC)C3)c2)n1. The second-order valence-corrected chi connectivity index (χ2v) is 6.88. The van der Waals surface area contributed by atoms with Crippen LogP contribution in [0.4, 0.5) is 10.5 Å². The minimum atomic E-state index is -0.484. The first-order chi connectivity index (χ1) is 14.5. The Hall–Kier alpha value is -3.36. The van der Waals surface area contributed by atoms with Gasteiger partial charge >= 0.3 is 18.0 Å². The largest absolute Gasteiger partial charge is 0.466 e. The molecule has 1 aliphatic heterocycles. The fraction of sp³-hybridized carbons (Fsp3) is 0.429. The summed E-state index contributed by atoms with van der Waals surface area (Å²) in [4.78, 5) is 38.1. The summed E-state index contributed by atoms with van der Waals surface area (Å²) in [5.74, 6) is -1.03. The number of hydrogen-bond acceptors (Lipinski definition) is 6. The molecule has 0 spiro atoms. The van der Waals surface area contributed by atoms with E-state index in [1.807, 2.05) is 6.07 Å². The van der Waals surface area contributed by atoms with Gasteiger partial charge in [0.15, 0.2) is 5.69 Å². The van der Waals surface area contributed by atoms with Crippen molar-refractivity contribution in [2.45, 2.75) is 26.7 Å². The van der Waals surface area contributed by atoms with Crippen molar-refractivity contribution < 1.29 is 23.9 Å². The summed E-state index contributed by atoms with van der Waals surface area (Å²) < 4.78 is 11.6. The van der Waals surface area contributed by atoms with Gasteiger partial charge in [-0.1, -0.05) is 6.07 Å². The van der Waals surface area contributed by atoms with E-state index in [0.29, 0.717) is 31.1 Å². The van der Waals surface area contributed by atoms with Crippen LogP contribution in [0, 0.1) is 5.92 Å². The van der Waals surface area contributed by atoms with E-state index in [-0.39, 0.29) is 30.2 Å². The summed E-state index contributed by atoms with van der Waals surface area (Å²) in [6.07, 6.45) is 3.13. The zero-order valence-electron chi connectivity index (χ0n) is 17.2. The normalized spacial score (nSPS) is 16.1. The Kier molecular flexibility index (Phi) is 7.05. The maximum atomic E-state index is 12.7. The molecule has 1 saturated heterocycles. The third-order valence-corrected chi connectivity index (χ3v) is 4.76. The number of rotatable bonds is 6. The molecule has 2 amide bonds. The molecule has 1 fully saturated rings. The van der Waals surface area contributed by atoms with E-state index in [1.54, 1.807) is 53.9 Å². The Morgan fingerprint density at radius 3 is 2.73 bits per heavy atom. The van der Waals surface area contributed by atoms with Crippen molar-refractivity contribution in [3.63, 3.8) is 0 Å². The highest BCUT2D eigenvalue weighted by atomic mass is 16.5. The van der Waals surface area contributed by atoms with Crippen LogP contribution in [0.15, 0.2) is 36.5 Å². The van der Waals surface area contributed by atoms with Gasteiger partial charge in [-0.3, -0.25) is 4.79 Å². The number of aromatic nitrogens is 2. The molecule has 160 valence electrons. The molecule has 0 bridgehead atoms. The maximum Gasteiger partial charge on any atom is 0.358 e. The average Bonchev–Trinajstić information content (AvgIpc) is 3.25. The molecule has 1 aromatic carbocycles. The Balaban J connectivity index is 1.66. The van der Waals surface area contributed by atoms with Gasteiger partial charge < -0.3 is 19.7 Å². The van der Waals surface area contributed by atoms with Crippen LogP contribution in [-0.4, -0.2) is 59.0 Å². The van der Waals surface area contributed by atoms with Crippen LogP contribution < -0.4 is 5.32 Å². The maximum absolute atomic E-state index is 12.7. The number of esters is 2. The Morgan fingerprint density at radius 1 is 1.17 bits per heavy atom. The van der Waals surface area contributed by atoms with E-state index >= 15 is 0 Å². The van der Waals surface area contributed by atoms with Gasteiger partial charge in [-0.25, -0.2) is 14.3 Å². The highest BCUT2D eigenvalue weighted by Crippen LogP contribution is 2.20. The summed E-state index contributed by atoms with van der Waals surface area (Å²) in [6, 6.07) is 8.43. The fourth-order valence-corrected chi connectivity index (χ4v) is 3.32. The van der Waals surface area contributed by atoms with E-state index in [9.17, 15) is 14.4 Å². The van der Waals surface area contributed by atoms with Crippen molar-refractivity contribution in [2.24, 2.45) is 5.92 Å². The zero-order chi connectivity index (χ0) is 21.5. The number of hydrogen-bond donors (Lipinski definition) is 1. The van der Waals surface area contributed by atoms with Crippen LogP contribution in [0.5, 0.6) is 0 Å². The van der Waals surface area contributed by atoms with Crippen molar-refractivity contribution in [3.05, 3.63) is 42.2 Å². The highest BCUT2D eigenvalue weighted by molar-refractivity contribution is 5.90. The number of carbonyl (C=O) groups excluding carboxylic acids is 3.